The van der Waals surface area contributed by atoms with E-state index in [4.69, 9.17) is 0 Å². The van der Waals surface area contributed by atoms with E-state index in [1.807, 2.05) is 19.1 Å². The van der Waals surface area contributed by atoms with Crippen molar-refractivity contribution in [2.24, 2.45) is 0 Å². The number of hydrogen-bond acceptors (Lipinski definition) is 3. The van der Waals surface area contributed by atoms with Crippen molar-refractivity contribution >= 4 is 11.5 Å². The van der Waals surface area contributed by atoms with Crippen LogP contribution in [-0.2, 0) is 0 Å². The van der Waals surface area contributed by atoms with Crippen LogP contribution in [0.5, 0.6) is 0 Å². The second-order valence-electron chi connectivity index (χ2n) is 3.41. The number of rotatable bonds is 4. The SMILES string of the molecule is C.C=C/C=C(\C=C/C)c1cnc(C(=O)NC)c(=O)[nH]1. The Kier molecular flexibility index (Phi) is 6.81. The first-order chi connectivity index (χ1) is 8.63. The lowest BCUT2D eigenvalue weighted by molar-refractivity contribution is 0.0956. The highest BCUT2D eigenvalue weighted by molar-refractivity contribution is 5.91. The highest BCUT2D eigenvalue weighted by Gasteiger charge is 2.11. The number of aromatic amines is 1. The summed E-state index contributed by atoms with van der Waals surface area (Å²) in [6, 6.07) is 0. The van der Waals surface area contributed by atoms with Gasteiger partial charge in [-0.1, -0.05) is 38.3 Å². The number of amides is 1. The van der Waals surface area contributed by atoms with Crippen molar-refractivity contribution in [3.63, 3.8) is 0 Å². The zero-order valence-corrected chi connectivity index (χ0v) is 10.4. The molecule has 1 aromatic heterocycles. The molecular formula is C14H19N3O2. The van der Waals surface area contributed by atoms with Crippen molar-refractivity contribution in [2.75, 3.05) is 7.05 Å². The molecule has 0 fully saturated rings. The Morgan fingerprint density at radius 2 is 2.21 bits per heavy atom. The van der Waals surface area contributed by atoms with Gasteiger partial charge in [0.15, 0.2) is 5.69 Å². The van der Waals surface area contributed by atoms with E-state index in [1.165, 1.54) is 13.2 Å². The normalized spacial score (nSPS) is 10.9. The van der Waals surface area contributed by atoms with Crippen molar-refractivity contribution in [1.82, 2.24) is 15.3 Å². The zero-order valence-electron chi connectivity index (χ0n) is 10.4. The van der Waals surface area contributed by atoms with Crippen LogP contribution in [0.2, 0.25) is 0 Å². The third kappa shape index (κ3) is 4.06. The Morgan fingerprint density at radius 1 is 1.53 bits per heavy atom. The molecular weight excluding hydrogens is 242 g/mol. The maximum atomic E-state index is 11.7. The lowest BCUT2D eigenvalue weighted by Crippen LogP contribution is -2.28. The van der Waals surface area contributed by atoms with Gasteiger partial charge in [-0.3, -0.25) is 9.59 Å². The molecule has 1 amide bonds. The van der Waals surface area contributed by atoms with Crippen LogP contribution in [0.3, 0.4) is 0 Å². The second kappa shape index (κ2) is 7.81. The van der Waals surface area contributed by atoms with E-state index in [1.54, 1.807) is 12.2 Å². The van der Waals surface area contributed by atoms with Crippen molar-refractivity contribution in [3.05, 3.63) is 58.8 Å². The van der Waals surface area contributed by atoms with Gasteiger partial charge in [-0.25, -0.2) is 4.98 Å². The summed E-state index contributed by atoms with van der Waals surface area (Å²) in [7, 11) is 1.44. The fourth-order valence-electron chi connectivity index (χ4n) is 1.37. The average molecular weight is 261 g/mol. The maximum absolute atomic E-state index is 11.7. The van der Waals surface area contributed by atoms with Crippen LogP contribution in [0.1, 0.15) is 30.5 Å². The number of nitrogens with zero attached hydrogens (tertiary/aromatic N) is 1. The number of aromatic nitrogens is 2. The van der Waals surface area contributed by atoms with E-state index in [0.29, 0.717) is 5.69 Å². The minimum Gasteiger partial charge on any atom is -0.354 e. The van der Waals surface area contributed by atoms with Gasteiger partial charge >= 0.3 is 0 Å². The Labute approximate surface area is 112 Å². The molecule has 0 aliphatic rings. The Balaban J connectivity index is 0.00000324. The summed E-state index contributed by atoms with van der Waals surface area (Å²) in [5.74, 6) is -0.511. The Hall–Kier alpha value is -2.43. The first kappa shape index (κ1) is 16.6. The zero-order chi connectivity index (χ0) is 13.5. The summed E-state index contributed by atoms with van der Waals surface area (Å²) < 4.78 is 0. The van der Waals surface area contributed by atoms with Crippen LogP contribution >= 0.6 is 0 Å². The minimum atomic E-state index is -0.522. The van der Waals surface area contributed by atoms with Gasteiger partial charge < -0.3 is 10.3 Å². The smallest absolute Gasteiger partial charge is 0.280 e. The number of H-pyrrole nitrogens is 1. The van der Waals surface area contributed by atoms with Gasteiger partial charge in [-0.15, -0.1) is 0 Å². The standard InChI is InChI=1S/C13H15N3O2.CH4/c1-4-6-9(7-5-2)10-8-15-11(12(17)14-3)13(18)16-10;/h4-8H,1H2,2-3H3,(H,14,17)(H,16,18);1H4/b7-5-,9-6+;. The maximum Gasteiger partial charge on any atom is 0.280 e. The predicted molar refractivity (Wildman–Crippen MR) is 78.0 cm³/mol. The van der Waals surface area contributed by atoms with E-state index in [-0.39, 0.29) is 13.1 Å². The molecule has 1 heterocycles. The molecule has 0 saturated heterocycles. The summed E-state index contributed by atoms with van der Waals surface area (Å²) >= 11 is 0. The van der Waals surface area contributed by atoms with Crippen LogP contribution < -0.4 is 10.9 Å². The topological polar surface area (TPSA) is 74.8 Å². The summed E-state index contributed by atoms with van der Waals surface area (Å²) in [6.45, 7) is 5.47. The lowest BCUT2D eigenvalue weighted by Gasteiger charge is -2.03. The molecule has 5 nitrogen and oxygen atoms in total. The van der Waals surface area contributed by atoms with Gasteiger partial charge in [0.05, 0.1) is 11.9 Å². The largest absolute Gasteiger partial charge is 0.354 e. The molecule has 0 saturated carbocycles. The summed E-state index contributed by atoms with van der Waals surface area (Å²) in [6.07, 6.45) is 8.45. The first-order valence-electron chi connectivity index (χ1n) is 5.41. The van der Waals surface area contributed by atoms with E-state index >= 15 is 0 Å². The molecule has 2 N–H and O–H groups in total. The van der Waals surface area contributed by atoms with Gasteiger partial charge in [0.2, 0.25) is 0 Å². The fraction of sp³-hybridized carbons (Fsp3) is 0.214. The molecule has 0 radical (unpaired) electrons. The van der Waals surface area contributed by atoms with E-state index in [2.05, 4.69) is 21.9 Å². The molecule has 1 aromatic rings. The second-order valence-corrected chi connectivity index (χ2v) is 3.41. The summed E-state index contributed by atoms with van der Waals surface area (Å²) in [4.78, 5) is 29.5. The predicted octanol–water partition coefficient (Wildman–Crippen LogP) is 1.91. The van der Waals surface area contributed by atoms with Gasteiger partial charge in [0.1, 0.15) is 0 Å². The van der Waals surface area contributed by atoms with Crippen LogP contribution in [0.4, 0.5) is 0 Å². The number of carbonyl (C=O) groups excluding carboxylic acids is 1. The molecule has 0 spiro atoms. The number of nitrogens with one attached hydrogen (secondary N) is 2. The minimum absolute atomic E-state index is 0. The molecule has 0 bridgehead atoms. The molecule has 0 aromatic carbocycles. The molecule has 5 heteroatoms. The monoisotopic (exact) mass is 261 g/mol. The molecule has 0 atom stereocenters. The van der Waals surface area contributed by atoms with Gasteiger partial charge in [-0.2, -0.15) is 0 Å². The van der Waals surface area contributed by atoms with Gasteiger partial charge in [0, 0.05) is 7.05 Å². The van der Waals surface area contributed by atoms with Crippen LogP contribution in [-0.4, -0.2) is 22.9 Å². The Morgan fingerprint density at radius 3 is 2.68 bits per heavy atom. The lowest BCUT2D eigenvalue weighted by atomic mass is 10.1. The van der Waals surface area contributed by atoms with E-state index in [9.17, 15) is 9.59 Å². The quantitative estimate of drug-likeness (QED) is 0.813. The average Bonchev–Trinajstić information content (AvgIpc) is 2.37. The van der Waals surface area contributed by atoms with Crippen LogP contribution in [0, 0.1) is 0 Å². The van der Waals surface area contributed by atoms with Gasteiger partial charge in [-0.05, 0) is 12.5 Å². The molecule has 0 unspecified atom stereocenters. The van der Waals surface area contributed by atoms with Crippen LogP contribution in [0.25, 0.3) is 5.57 Å². The van der Waals surface area contributed by atoms with Crippen molar-refractivity contribution in [1.29, 1.82) is 0 Å². The van der Waals surface area contributed by atoms with Crippen molar-refractivity contribution in [2.45, 2.75) is 14.4 Å². The van der Waals surface area contributed by atoms with E-state index in [0.717, 1.165) is 5.57 Å². The van der Waals surface area contributed by atoms with E-state index < -0.39 is 11.5 Å². The van der Waals surface area contributed by atoms with Crippen molar-refractivity contribution in [3.8, 4) is 0 Å². The molecule has 0 aliphatic carbocycles. The van der Waals surface area contributed by atoms with Crippen LogP contribution in [0.15, 0.2) is 41.9 Å². The van der Waals surface area contributed by atoms with Gasteiger partial charge in [0.25, 0.3) is 11.5 Å². The number of allylic oxidation sites excluding steroid dienone is 5. The number of hydrogen-bond donors (Lipinski definition) is 2. The molecule has 1 rings (SSSR count). The molecule has 19 heavy (non-hydrogen) atoms. The highest BCUT2D eigenvalue weighted by Crippen LogP contribution is 2.11. The Bertz CT molecular complexity index is 568. The summed E-state index contributed by atoms with van der Waals surface area (Å²) in [5, 5.41) is 2.35. The molecule has 102 valence electrons. The first-order valence-corrected chi connectivity index (χ1v) is 5.41. The highest BCUT2D eigenvalue weighted by atomic mass is 16.2. The third-order valence-electron chi connectivity index (χ3n) is 2.18. The number of carbonyl (C=O) groups is 1. The third-order valence-corrected chi connectivity index (χ3v) is 2.18. The molecule has 0 aliphatic heterocycles. The summed E-state index contributed by atoms with van der Waals surface area (Å²) in [5.41, 5.74) is 0.622. The fourth-order valence-corrected chi connectivity index (χ4v) is 1.37. The van der Waals surface area contributed by atoms with Crippen molar-refractivity contribution < 1.29 is 4.79 Å².